The van der Waals surface area contributed by atoms with Gasteiger partial charge >= 0.3 is 0 Å². The van der Waals surface area contributed by atoms with Crippen LogP contribution in [0.25, 0.3) is 11.3 Å². The van der Waals surface area contributed by atoms with Crippen LogP contribution >= 0.6 is 0 Å². The van der Waals surface area contributed by atoms with Crippen molar-refractivity contribution in [2.45, 2.75) is 44.7 Å². The Morgan fingerprint density at radius 3 is 2.37 bits per heavy atom. The highest BCUT2D eigenvalue weighted by molar-refractivity contribution is 5.56. The topological polar surface area (TPSA) is 76.8 Å². The van der Waals surface area contributed by atoms with Crippen molar-refractivity contribution in [2.75, 3.05) is 13.1 Å². The van der Waals surface area contributed by atoms with Gasteiger partial charge in [-0.2, -0.15) is 5.10 Å². The van der Waals surface area contributed by atoms with E-state index in [1.807, 2.05) is 24.5 Å². The second-order valence-corrected chi connectivity index (χ2v) is 8.42. The Labute approximate surface area is 175 Å². The van der Waals surface area contributed by atoms with Crippen LogP contribution in [-0.4, -0.2) is 42.7 Å². The van der Waals surface area contributed by atoms with Gasteiger partial charge in [0.15, 0.2) is 0 Å². The molecule has 0 aromatic carbocycles. The Kier molecular flexibility index (Phi) is 5.36. The highest BCUT2D eigenvalue weighted by Gasteiger charge is 2.26. The molecule has 0 unspecified atom stereocenters. The molecule has 1 aliphatic carbocycles. The summed E-state index contributed by atoms with van der Waals surface area (Å²) in [6.45, 7) is 3.61. The van der Waals surface area contributed by atoms with Gasteiger partial charge in [0.25, 0.3) is 5.56 Å². The molecule has 1 saturated carbocycles. The third-order valence-electron chi connectivity index (χ3n) is 6.05. The summed E-state index contributed by atoms with van der Waals surface area (Å²) in [6, 6.07) is 7.23. The Balaban J connectivity index is 1.17. The molecule has 7 heteroatoms. The first-order chi connectivity index (χ1) is 14.7. The quantitative estimate of drug-likeness (QED) is 0.631. The SMILES string of the molecule is O=c1ccc(-c2ccncc2)nn1CC1CCN(Cc2cnc(C3CC3)nc2)CC1. The fraction of sp³-hybridized carbons (Fsp3) is 0.435. The molecule has 154 valence electrons. The molecule has 0 spiro atoms. The summed E-state index contributed by atoms with van der Waals surface area (Å²) in [5.74, 6) is 2.07. The van der Waals surface area contributed by atoms with Gasteiger partial charge in [-0.05, 0) is 62.9 Å². The van der Waals surface area contributed by atoms with Gasteiger partial charge in [-0.25, -0.2) is 14.6 Å². The van der Waals surface area contributed by atoms with Crippen molar-refractivity contribution in [3.63, 3.8) is 0 Å². The van der Waals surface area contributed by atoms with E-state index in [-0.39, 0.29) is 5.56 Å². The molecular formula is C23H26N6O. The Morgan fingerprint density at radius 1 is 0.933 bits per heavy atom. The molecule has 7 nitrogen and oxygen atoms in total. The first kappa shape index (κ1) is 19.1. The summed E-state index contributed by atoms with van der Waals surface area (Å²) in [5.41, 5.74) is 2.93. The van der Waals surface area contributed by atoms with Crippen LogP contribution in [0.15, 0.2) is 53.8 Å². The molecule has 5 rings (SSSR count). The van der Waals surface area contributed by atoms with Gasteiger partial charge in [0.1, 0.15) is 5.82 Å². The summed E-state index contributed by atoms with van der Waals surface area (Å²) >= 11 is 0. The molecule has 0 N–H and O–H groups in total. The van der Waals surface area contributed by atoms with Crippen LogP contribution in [0.4, 0.5) is 0 Å². The van der Waals surface area contributed by atoms with Crippen molar-refractivity contribution in [3.8, 4) is 11.3 Å². The number of rotatable bonds is 6. The fourth-order valence-corrected chi connectivity index (χ4v) is 4.09. The third-order valence-corrected chi connectivity index (χ3v) is 6.05. The average molecular weight is 403 g/mol. The van der Waals surface area contributed by atoms with Crippen LogP contribution < -0.4 is 5.56 Å². The van der Waals surface area contributed by atoms with Crippen LogP contribution in [-0.2, 0) is 13.1 Å². The lowest BCUT2D eigenvalue weighted by atomic mass is 9.96. The zero-order valence-electron chi connectivity index (χ0n) is 17.0. The van der Waals surface area contributed by atoms with Gasteiger partial charge in [0.2, 0.25) is 0 Å². The van der Waals surface area contributed by atoms with Crippen molar-refractivity contribution in [1.82, 2.24) is 29.6 Å². The van der Waals surface area contributed by atoms with Crippen molar-refractivity contribution in [2.24, 2.45) is 5.92 Å². The predicted octanol–water partition coefficient (Wildman–Crippen LogP) is 2.88. The number of nitrogens with zero attached hydrogens (tertiary/aromatic N) is 6. The second kappa shape index (κ2) is 8.44. The maximum absolute atomic E-state index is 12.3. The molecule has 2 aliphatic rings. The molecule has 3 aromatic rings. The fourth-order valence-electron chi connectivity index (χ4n) is 4.09. The predicted molar refractivity (Wildman–Crippen MR) is 114 cm³/mol. The average Bonchev–Trinajstić information content (AvgIpc) is 3.63. The molecule has 4 heterocycles. The zero-order chi connectivity index (χ0) is 20.3. The maximum atomic E-state index is 12.3. The Morgan fingerprint density at radius 2 is 1.67 bits per heavy atom. The van der Waals surface area contributed by atoms with E-state index in [1.54, 1.807) is 29.2 Å². The molecule has 2 fully saturated rings. The Bertz CT molecular complexity index is 1040. The molecule has 1 saturated heterocycles. The van der Waals surface area contributed by atoms with Crippen molar-refractivity contribution in [1.29, 1.82) is 0 Å². The minimum Gasteiger partial charge on any atom is -0.299 e. The molecule has 0 atom stereocenters. The number of hydrogen-bond donors (Lipinski definition) is 0. The monoisotopic (exact) mass is 402 g/mol. The smallest absolute Gasteiger partial charge is 0.266 e. The maximum Gasteiger partial charge on any atom is 0.266 e. The summed E-state index contributed by atoms with van der Waals surface area (Å²) in [6.07, 6.45) is 12.1. The van der Waals surface area contributed by atoms with Crippen LogP contribution in [0.2, 0.25) is 0 Å². The van der Waals surface area contributed by atoms with Gasteiger partial charge in [-0.3, -0.25) is 14.7 Å². The standard InChI is InChI=1S/C23H26N6O/c30-22-4-3-21(19-5-9-24-10-6-19)27-29(22)16-17-7-11-28(12-8-17)15-18-13-25-23(26-14-18)20-1-2-20/h3-6,9-10,13-14,17,20H,1-2,7-8,11-12,15-16H2. The molecule has 0 bridgehead atoms. The number of piperidine rings is 1. The zero-order valence-corrected chi connectivity index (χ0v) is 17.0. The van der Waals surface area contributed by atoms with Crippen molar-refractivity contribution in [3.05, 3.63) is 70.8 Å². The summed E-state index contributed by atoms with van der Waals surface area (Å²) < 4.78 is 1.63. The summed E-state index contributed by atoms with van der Waals surface area (Å²) in [7, 11) is 0. The van der Waals surface area contributed by atoms with Crippen LogP contribution in [0.5, 0.6) is 0 Å². The lowest BCUT2D eigenvalue weighted by Gasteiger charge is -2.31. The Hall–Kier alpha value is -2.93. The number of hydrogen-bond acceptors (Lipinski definition) is 6. The van der Waals surface area contributed by atoms with Gasteiger partial charge in [-0.15, -0.1) is 0 Å². The molecule has 0 amide bonds. The highest BCUT2D eigenvalue weighted by atomic mass is 16.1. The van der Waals surface area contributed by atoms with Gasteiger partial charge < -0.3 is 0 Å². The minimum absolute atomic E-state index is 0.0388. The lowest BCUT2D eigenvalue weighted by molar-refractivity contribution is 0.163. The molecule has 30 heavy (non-hydrogen) atoms. The first-order valence-electron chi connectivity index (χ1n) is 10.8. The van der Waals surface area contributed by atoms with Gasteiger partial charge in [0.05, 0.1) is 5.69 Å². The van der Waals surface area contributed by atoms with Crippen LogP contribution in [0, 0.1) is 5.92 Å². The number of likely N-dealkylation sites (tertiary alicyclic amines) is 1. The normalized spacial score (nSPS) is 17.9. The molecular weight excluding hydrogens is 376 g/mol. The first-order valence-corrected chi connectivity index (χ1v) is 10.8. The summed E-state index contributed by atoms with van der Waals surface area (Å²) in [4.78, 5) is 27.9. The molecule has 1 aliphatic heterocycles. The van der Waals surface area contributed by atoms with E-state index in [4.69, 9.17) is 0 Å². The van der Waals surface area contributed by atoms with Crippen LogP contribution in [0.3, 0.4) is 0 Å². The van der Waals surface area contributed by atoms with E-state index in [2.05, 4.69) is 25.0 Å². The number of pyridine rings is 1. The van der Waals surface area contributed by atoms with E-state index < -0.39 is 0 Å². The third kappa shape index (κ3) is 4.46. The summed E-state index contributed by atoms with van der Waals surface area (Å²) in [5, 5.41) is 4.60. The second-order valence-electron chi connectivity index (χ2n) is 8.42. The van der Waals surface area contributed by atoms with Gasteiger partial charge in [-0.1, -0.05) is 0 Å². The number of aromatic nitrogens is 5. The molecule has 0 radical (unpaired) electrons. The van der Waals surface area contributed by atoms with E-state index in [0.29, 0.717) is 18.4 Å². The van der Waals surface area contributed by atoms with E-state index >= 15 is 0 Å². The van der Waals surface area contributed by atoms with Crippen molar-refractivity contribution < 1.29 is 0 Å². The van der Waals surface area contributed by atoms with Gasteiger partial charge in [0, 0.05) is 61.0 Å². The van der Waals surface area contributed by atoms with Crippen LogP contribution in [0.1, 0.15) is 43.0 Å². The highest BCUT2D eigenvalue weighted by Crippen LogP contribution is 2.37. The minimum atomic E-state index is -0.0388. The van der Waals surface area contributed by atoms with Crippen molar-refractivity contribution >= 4 is 0 Å². The van der Waals surface area contributed by atoms with E-state index in [9.17, 15) is 4.79 Å². The molecule has 3 aromatic heterocycles. The largest absolute Gasteiger partial charge is 0.299 e. The lowest BCUT2D eigenvalue weighted by Crippen LogP contribution is -2.36. The van der Waals surface area contributed by atoms with E-state index in [1.165, 1.54) is 18.4 Å². The van der Waals surface area contributed by atoms with E-state index in [0.717, 1.165) is 49.6 Å².